The molecule has 1 fully saturated rings. The van der Waals surface area contributed by atoms with E-state index in [0.717, 1.165) is 44.0 Å². The number of aromatic nitrogens is 2. The van der Waals surface area contributed by atoms with Crippen LogP contribution in [0.4, 0.5) is 0 Å². The van der Waals surface area contributed by atoms with E-state index in [4.69, 9.17) is 22.1 Å². The number of hydrogen-bond acceptors (Lipinski definition) is 4. The van der Waals surface area contributed by atoms with Gasteiger partial charge in [-0.25, -0.2) is 0 Å². The topological polar surface area (TPSA) is 73.4 Å². The molecule has 3 aromatic rings. The van der Waals surface area contributed by atoms with Crippen molar-refractivity contribution in [3.05, 3.63) is 59.5 Å². The van der Waals surface area contributed by atoms with E-state index in [-0.39, 0.29) is 11.8 Å². The highest BCUT2D eigenvalue weighted by atomic mass is 35.5. The van der Waals surface area contributed by atoms with E-state index in [9.17, 15) is 4.79 Å². The third kappa shape index (κ3) is 4.29. The molecule has 0 bridgehead atoms. The van der Waals surface area contributed by atoms with Crippen molar-refractivity contribution in [2.24, 2.45) is 5.73 Å². The fourth-order valence-electron chi connectivity index (χ4n) is 3.68. The molecule has 1 aromatic carbocycles. The summed E-state index contributed by atoms with van der Waals surface area (Å²) in [5.74, 6) is 0.111. The second kappa shape index (κ2) is 8.20. The van der Waals surface area contributed by atoms with Crippen LogP contribution in [0.3, 0.4) is 0 Å². The van der Waals surface area contributed by atoms with E-state index < -0.39 is 5.91 Å². The number of nitrogens with zero attached hydrogens (tertiary/aromatic N) is 3. The normalized spacial score (nSPS) is 15.8. The van der Waals surface area contributed by atoms with Crippen LogP contribution in [0.25, 0.3) is 10.9 Å². The van der Waals surface area contributed by atoms with E-state index >= 15 is 0 Å². The summed E-state index contributed by atoms with van der Waals surface area (Å²) in [6, 6.07) is 11.5. The highest BCUT2D eigenvalue weighted by Gasteiger charge is 2.21. The van der Waals surface area contributed by atoms with Gasteiger partial charge in [-0.1, -0.05) is 11.6 Å². The largest absolute Gasteiger partial charge is 0.490 e. The summed E-state index contributed by atoms with van der Waals surface area (Å²) in [7, 11) is 0. The van der Waals surface area contributed by atoms with Crippen LogP contribution in [0.1, 0.15) is 23.3 Å². The molecule has 1 amide bonds. The van der Waals surface area contributed by atoms with Gasteiger partial charge in [-0.05, 0) is 43.2 Å². The standard InChI is InChI=1S/C21H23ClN4O2/c22-16-1-2-20-15(13-16)4-10-26(20)12-11-25-8-5-17(6-9-25)28-18-3-7-24-19(14-18)21(23)27/h1-4,7,10,13-14,17H,5-6,8-9,11-12H2,(H2,23,27). The molecule has 6 nitrogen and oxygen atoms in total. The molecule has 1 aliphatic heterocycles. The Balaban J connectivity index is 1.28. The summed E-state index contributed by atoms with van der Waals surface area (Å²) >= 11 is 6.07. The van der Waals surface area contributed by atoms with Gasteiger partial charge in [-0.2, -0.15) is 0 Å². The van der Waals surface area contributed by atoms with Gasteiger partial charge < -0.3 is 19.9 Å². The molecule has 0 aliphatic carbocycles. The first kappa shape index (κ1) is 18.8. The maximum absolute atomic E-state index is 11.2. The zero-order valence-corrected chi connectivity index (χ0v) is 16.3. The van der Waals surface area contributed by atoms with Gasteiger partial charge in [0, 0.05) is 60.6 Å². The average Bonchev–Trinajstić information content (AvgIpc) is 3.09. The van der Waals surface area contributed by atoms with E-state index in [1.807, 2.05) is 12.1 Å². The molecular formula is C21H23ClN4O2. The van der Waals surface area contributed by atoms with Crippen LogP contribution >= 0.6 is 11.6 Å². The minimum atomic E-state index is -0.542. The SMILES string of the molecule is NC(=O)c1cc(OC2CCN(CCn3ccc4cc(Cl)ccc43)CC2)ccn1. The maximum atomic E-state index is 11.2. The second-order valence-corrected chi connectivity index (χ2v) is 7.55. The third-order valence-corrected chi connectivity index (χ3v) is 5.45. The Morgan fingerprint density at radius 1 is 1.18 bits per heavy atom. The number of halogens is 1. The van der Waals surface area contributed by atoms with Gasteiger partial charge in [0.15, 0.2) is 0 Å². The number of amides is 1. The Morgan fingerprint density at radius 3 is 2.79 bits per heavy atom. The van der Waals surface area contributed by atoms with Gasteiger partial charge >= 0.3 is 0 Å². The lowest BCUT2D eigenvalue weighted by molar-refractivity contribution is 0.0966. The average molecular weight is 399 g/mol. The van der Waals surface area contributed by atoms with Crippen LogP contribution < -0.4 is 10.5 Å². The van der Waals surface area contributed by atoms with Gasteiger partial charge in [0.1, 0.15) is 17.5 Å². The van der Waals surface area contributed by atoms with E-state index in [2.05, 4.69) is 32.8 Å². The fraction of sp³-hybridized carbons (Fsp3) is 0.333. The minimum absolute atomic E-state index is 0.147. The molecule has 0 spiro atoms. The Bertz CT molecular complexity index is 979. The maximum Gasteiger partial charge on any atom is 0.267 e. The zero-order valence-electron chi connectivity index (χ0n) is 15.6. The molecule has 0 unspecified atom stereocenters. The van der Waals surface area contributed by atoms with Crippen molar-refractivity contribution >= 4 is 28.4 Å². The van der Waals surface area contributed by atoms with Crippen molar-refractivity contribution in [2.45, 2.75) is 25.5 Å². The van der Waals surface area contributed by atoms with Crippen molar-refractivity contribution in [1.29, 1.82) is 0 Å². The molecule has 3 heterocycles. The van der Waals surface area contributed by atoms with Crippen LogP contribution in [-0.4, -0.2) is 46.1 Å². The molecule has 28 heavy (non-hydrogen) atoms. The minimum Gasteiger partial charge on any atom is -0.490 e. The van der Waals surface area contributed by atoms with Crippen LogP contribution in [0.5, 0.6) is 5.75 Å². The molecule has 2 N–H and O–H groups in total. The van der Waals surface area contributed by atoms with Gasteiger partial charge in [-0.3, -0.25) is 9.78 Å². The molecule has 4 rings (SSSR count). The number of fused-ring (bicyclic) bond motifs is 1. The number of hydrogen-bond donors (Lipinski definition) is 1. The number of benzene rings is 1. The molecule has 1 saturated heterocycles. The Labute approximate surface area is 168 Å². The molecule has 0 saturated carbocycles. The number of piperidine rings is 1. The first-order valence-electron chi connectivity index (χ1n) is 9.48. The number of primary amides is 1. The lowest BCUT2D eigenvalue weighted by Crippen LogP contribution is -2.39. The summed E-state index contributed by atoms with van der Waals surface area (Å²) in [5, 5.41) is 1.94. The monoisotopic (exact) mass is 398 g/mol. The Kier molecular flexibility index (Phi) is 5.50. The molecule has 2 aromatic heterocycles. The molecule has 0 atom stereocenters. The highest BCUT2D eigenvalue weighted by Crippen LogP contribution is 2.22. The van der Waals surface area contributed by atoms with Crippen molar-refractivity contribution in [1.82, 2.24) is 14.5 Å². The molecule has 0 radical (unpaired) electrons. The molecule has 7 heteroatoms. The Morgan fingerprint density at radius 2 is 2.00 bits per heavy atom. The number of likely N-dealkylation sites (tertiary alicyclic amines) is 1. The first-order valence-corrected chi connectivity index (χ1v) is 9.85. The van der Waals surface area contributed by atoms with E-state index in [1.165, 1.54) is 10.9 Å². The van der Waals surface area contributed by atoms with Crippen molar-refractivity contribution in [3.8, 4) is 5.75 Å². The van der Waals surface area contributed by atoms with Gasteiger partial charge in [0.25, 0.3) is 5.91 Å². The zero-order chi connectivity index (χ0) is 19.5. The third-order valence-electron chi connectivity index (χ3n) is 5.21. The van der Waals surface area contributed by atoms with Crippen molar-refractivity contribution in [2.75, 3.05) is 19.6 Å². The van der Waals surface area contributed by atoms with Crippen LogP contribution in [0, 0.1) is 0 Å². The lowest BCUT2D eigenvalue weighted by Gasteiger charge is -2.32. The Hall–Kier alpha value is -2.57. The van der Waals surface area contributed by atoms with Crippen LogP contribution in [0.15, 0.2) is 48.8 Å². The van der Waals surface area contributed by atoms with Crippen LogP contribution in [0.2, 0.25) is 5.02 Å². The van der Waals surface area contributed by atoms with Crippen molar-refractivity contribution in [3.63, 3.8) is 0 Å². The molecule has 1 aliphatic rings. The summed E-state index contributed by atoms with van der Waals surface area (Å²) in [6.45, 7) is 3.93. The summed E-state index contributed by atoms with van der Waals surface area (Å²) in [6.07, 6.45) is 5.73. The van der Waals surface area contributed by atoms with Gasteiger partial charge in [0.2, 0.25) is 0 Å². The predicted octanol–water partition coefficient (Wildman–Crippen LogP) is 3.33. The smallest absolute Gasteiger partial charge is 0.267 e. The van der Waals surface area contributed by atoms with E-state index in [1.54, 1.807) is 18.3 Å². The number of pyridine rings is 1. The van der Waals surface area contributed by atoms with Gasteiger partial charge in [-0.15, -0.1) is 0 Å². The van der Waals surface area contributed by atoms with Crippen LogP contribution in [-0.2, 0) is 6.54 Å². The number of rotatable bonds is 6. The second-order valence-electron chi connectivity index (χ2n) is 7.11. The number of carbonyl (C=O) groups is 1. The molecule has 146 valence electrons. The molecular weight excluding hydrogens is 376 g/mol. The number of nitrogens with two attached hydrogens (primary N) is 1. The van der Waals surface area contributed by atoms with Crippen molar-refractivity contribution < 1.29 is 9.53 Å². The number of carbonyl (C=O) groups excluding carboxylic acids is 1. The lowest BCUT2D eigenvalue weighted by atomic mass is 10.1. The fourth-order valence-corrected chi connectivity index (χ4v) is 3.86. The quantitative estimate of drug-likeness (QED) is 0.691. The summed E-state index contributed by atoms with van der Waals surface area (Å²) < 4.78 is 8.30. The predicted molar refractivity (Wildman–Crippen MR) is 110 cm³/mol. The summed E-state index contributed by atoms with van der Waals surface area (Å²) in [5.41, 5.74) is 6.72. The first-order chi connectivity index (χ1) is 13.6. The number of ether oxygens (including phenoxy) is 1. The highest BCUT2D eigenvalue weighted by molar-refractivity contribution is 6.31. The van der Waals surface area contributed by atoms with Gasteiger partial charge in [0.05, 0.1) is 0 Å². The summed E-state index contributed by atoms with van der Waals surface area (Å²) in [4.78, 5) is 17.7. The van der Waals surface area contributed by atoms with E-state index in [0.29, 0.717) is 5.75 Å².